The SMILES string of the molecule is CC(C)(C)N1CCc2cc(CN3CCCCC3)ccc2C1. The van der Waals surface area contributed by atoms with Crippen molar-refractivity contribution in [2.75, 3.05) is 19.6 Å². The molecule has 0 spiro atoms. The molecule has 1 aromatic rings. The van der Waals surface area contributed by atoms with Crippen molar-refractivity contribution < 1.29 is 0 Å². The Labute approximate surface area is 130 Å². The van der Waals surface area contributed by atoms with Gasteiger partial charge in [0.25, 0.3) is 0 Å². The van der Waals surface area contributed by atoms with Gasteiger partial charge in [-0.1, -0.05) is 24.6 Å². The molecule has 2 aliphatic rings. The maximum absolute atomic E-state index is 2.62. The van der Waals surface area contributed by atoms with E-state index in [2.05, 4.69) is 48.8 Å². The van der Waals surface area contributed by atoms with E-state index in [4.69, 9.17) is 0 Å². The molecule has 0 radical (unpaired) electrons. The van der Waals surface area contributed by atoms with Gasteiger partial charge in [0, 0.05) is 25.2 Å². The number of piperidine rings is 1. The first-order chi connectivity index (χ1) is 10.0. The van der Waals surface area contributed by atoms with Crippen LogP contribution in [0.1, 0.15) is 56.7 Å². The number of hydrogen-bond acceptors (Lipinski definition) is 2. The van der Waals surface area contributed by atoms with Crippen molar-refractivity contribution in [1.29, 1.82) is 0 Å². The first-order valence-corrected chi connectivity index (χ1v) is 8.60. The van der Waals surface area contributed by atoms with E-state index in [9.17, 15) is 0 Å². The van der Waals surface area contributed by atoms with Crippen LogP contribution in [0.5, 0.6) is 0 Å². The molecule has 0 saturated carbocycles. The molecule has 0 amide bonds. The maximum atomic E-state index is 2.62. The maximum Gasteiger partial charge on any atom is 0.0241 e. The van der Waals surface area contributed by atoms with Crippen LogP contribution in [0.4, 0.5) is 0 Å². The largest absolute Gasteiger partial charge is 0.299 e. The predicted molar refractivity (Wildman–Crippen MR) is 89.4 cm³/mol. The van der Waals surface area contributed by atoms with E-state index in [0.717, 1.165) is 13.1 Å². The van der Waals surface area contributed by atoms with Crippen LogP contribution in [0.25, 0.3) is 0 Å². The first kappa shape index (κ1) is 15.1. The van der Waals surface area contributed by atoms with Crippen LogP contribution >= 0.6 is 0 Å². The van der Waals surface area contributed by atoms with Crippen molar-refractivity contribution in [1.82, 2.24) is 9.80 Å². The highest BCUT2D eigenvalue weighted by molar-refractivity contribution is 5.34. The lowest BCUT2D eigenvalue weighted by atomic mass is 9.93. The summed E-state index contributed by atoms with van der Waals surface area (Å²) in [6, 6.07) is 7.22. The van der Waals surface area contributed by atoms with E-state index in [1.807, 2.05) is 0 Å². The minimum absolute atomic E-state index is 0.282. The molecule has 2 nitrogen and oxygen atoms in total. The predicted octanol–water partition coefficient (Wildman–Crippen LogP) is 3.83. The van der Waals surface area contributed by atoms with Gasteiger partial charge in [0.1, 0.15) is 0 Å². The Morgan fingerprint density at radius 2 is 1.71 bits per heavy atom. The van der Waals surface area contributed by atoms with E-state index >= 15 is 0 Å². The molecule has 2 heteroatoms. The topological polar surface area (TPSA) is 6.48 Å². The summed E-state index contributed by atoms with van der Waals surface area (Å²) in [6.07, 6.45) is 5.39. The average molecular weight is 286 g/mol. The Kier molecular flexibility index (Phi) is 4.37. The second kappa shape index (κ2) is 6.10. The summed E-state index contributed by atoms with van der Waals surface area (Å²) in [6.45, 7) is 13.0. The molecule has 2 heterocycles. The highest BCUT2D eigenvalue weighted by Gasteiger charge is 2.25. The van der Waals surface area contributed by atoms with Crippen molar-refractivity contribution >= 4 is 0 Å². The van der Waals surface area contributed by atoms with Gasteiger partial charge in [-0.25, -0.2) is 0 Å². The summed E-state index contributed by atoms with van der Waals surface area (Å²) < 4.78 is 0. The number of benzene rings is 1. The monoisotopic (exact) mass is 286 g/mol. The van der Waals surface area contributed by atoms with E-state index in [1.54, 1.807) is 11.1 Å². The van der Waals surface area contributed by atoms with Crippen LogP contribution in [0.3, 0.4) is 0 Å². The Morgan fingerprint density at radius 1 is 0.952 bits per heavy atom. The van der Waals surface area contributed by atoms with Crippen molar-refractivity contribution in [3.05, 3.63) is 34.9 Å². The number of nitrogens with zero attached hydrogens (tertiary/aromatic N) is 2. The van der Waals surface area contributed by atoms with E-state index in [-0.39, 0.29) is 5.54 Å². The van der Waals surface area contributed by atoms with E-state index < -0.39 is 0 Å². The zero-order valence-electron chi connectivity index (χ0n) is 14.0. The van der Waals surface area contributed by atoms with Crippen molar-refractivity contribution in [2.24, 2.45) is 0 Å². The van der Waals surface area contributed by atoms with Gasteiger partial charge in [-0.15, -0.1) is 0 Å². The molecule has 0 unspecified atom stereocenters. The minimum atomic E-state index is 0.282. The lowest BCUT2D eigenvalue weighted by Crippen LogP contribution is -2.44. The Hall–Kier alpha value is -0.860. The van der Waals surface area contributed by atoms with Crippen LogP contribution in [-0.4, -0.2) is 35.0 Å². The smallest absolute Gasteiger partial charge is 0.0241 e. The van der Waals surface area contributed by atoms with Crippen LogP contribution in [0.2, 0.25) is 0 Å². The molecule has 0 aliphatic carbocycles. The Morgan fingerprint density at radius 3 is 2.43 bits per heavy atom. The van der Waals surface area contributed by atoms with Gasteiger partial charge in [0.15, 0.2) is 0 Å². The van der Waals surface area contributed by atoms with Gasteiger partial charge in [-0.3, -0.25) is 9.80 Å². The molecule has 0 atom stereocenters. The summed E-state index contributed by atoms with van der Waals surface area (Å²) in [5.41, 5.74) is 4.92. The zero-order valence-corrected chi connectivity index (χ0v) is 14.0. The number of rotatable bonds is 2. The molecule has 2 aliphatic heterocycles. The quantitative estimate of drug-likeness (QED) is 0.815. The van der Waals surface area contributed by atoms with Gasteiger partial charge in [0.05, 0.1) is 0 Å². The van der Waals surface area contributed by atoms with Gasteiger partial charge in [-0.2, -0.15) is 0 Å². The van der Waals surface area contributed by atoms with Crippen LogP contribution < -0.4 is 0 Å². The molecule has 0 N–H and O–H groups in total. The second-order valence-corrected chi connectivity index (χ2v) is 7.78. The fraction of sp³-hybridized carbons (Fsp3) is 0.684. The Balaban J connectivity index is 1.68. The van der Waals surface area contributed by atoms with Gasteiger partial charge < -0.3 is 0 Å². The summed E-state index contributed by atoms with van der Waals surface area (Å²) in [5.74, 6) is 0. The molecule has 0 bridgehead atoms. The third kappa shape index (κ3) is 3.67. The number of fused-ring (bicyclic) bond motifs is 1. The molecule has 3 rings (SSSR count). The van der Waals surface area contributed by atoms with Gasteiger partial charge in [-0.05, 0) is 69.8 Å². The molecule has 1 saturated heterocycles. The van der Waals surface area contributed by atoms with Crippen molar-refractivity contribution in [3.8, 4) is 0 Å². The molecule has 21 heavy (non-hydrogen) atoms. The fourth-order valence-corrected chi connectivity index (χ4v) is 3.65. The molecule has 1 aromatic carbocycles. The van der Waals surface area contributed by atoms with Crippen molar-refractivity contribution in [3.63, 3.8) is 0 Å². The van der Waals surface area contributed by atoms with Crippen LogP contribution in [0, 0.1) is 0 Å². The third-order valence-electron chi connectivity index (χ3n) is 5.09. The molecule has 116 valence electrons. The van der Waals surface area contributed by atoms with Crippen molar-refractivity contribution in [2.45, 2.75) is 65.1 Å². The lowest BCUT2D eigenvalue weighted by Gasteiger charge is -2.39. The molecule has 0 aromatic heterocycles. The highest BCUT2D eigenvalue weighted by atomic mass is 15.2. The van der Waals surface area contributed by atoms with Crippen LogP contribution in [-0.2, 0) is 19.5 Å². The number of hydrogen-bond donors (Lipinski definition) is 0. The zero-order chi connectivity index (χ0) is 14.9. The van der Waals surface area contributed by atoms with E-state index in [0.29, 0.717) is 0 Å². The second-order valence-electron chi connectivity index (χ2n) is 7.78. The molecule has 1 fully saturated rings. The molecular formula is C19H30N2. The Bertz CT molecular complexity index is 481. The summed E-state index contributed by atoms with van der Waals surface area (Å²) in [7, 11) is 0. The summed E-state index contributed by atoms with van der Waals surface area (Å²) >= 11 is 0. The number of likely N-dealkylation sites (tertiary alicyclic amines) is 1. The highest BCUT2D eigenvalue weighted by Crippen LogP contribution is 2.26. The first-order valence-electron chi connectivity index (χ1n) is 8.60. The fourth-order valence-electron chi connectivity index (χ4n) is 3.65. The van der Waals surface area contributed by atoms with Gasteiger partial charge in [0.2, 0.25) is 0 Å². The minimum Gasteiger partial charge on any atom is -0.299 e. The van der Waals surface area contributed by atoms with Crippen LogP contribution in [0.15, 0.2) is 18.2 Å². The average Bonchev–Trinajstić information content (AvgIpc) is 2.47. The standard InChI is InChI=1S/C19H30N2/c1-19(2,3)21-12-9-17-13-16(7-8-18(17)15-21)14-20-10-5-4-6-11-20/h7-8,13H,4-6,9-12,14-15H2,1-3H3. The normalized spacial score (nSPS) is 21.3. The summed E-state index contributed by atoms with van der Waals surface area (Å²) in [4.78, 5) is 5.22. The molecular weight excluding hydrogens is 256 g/mol. The van der Waals surface area contributed by atoms with Gasteiger partial charge >= 0.3 is 0 Å². The summed E-state index contributed by atoms with van der Waals surface area (Å²) in [5, 5.41) is 0. The van der Waals surface area contributed by atoms with E-state index in [1.165, 1.54) is 50.9 Å². The third-order valence-corrected chi connectivity index (χ3v) is 5.09. The lowest BCUT2D eigenvalue weighted by molar-refractivity contribution is 0.120.